The lowest BCUT2D eigenvalue weighted by Crippen LogP contribution is -2.47. The van der Waals surface area contributed by atoms with E-state index in [2.05, 4.69) is 46.7 Å². The number of nitrogens with zero attached hydrogens (tertiary/aromatic N) is 2. The molecule has 0 aliphatic carbocycles. The van der Waals surface area contributed by atoms with Crippen LogP contribution in [-0.2, 0) is 4.79 Å². The molecule has 0 N–H and O–H groups in total. The Morgan fingerprint density at radius 1 is 1.06 bits per heavy atom. The van der Waals surface area contributed by atoms with Crippen LogP contribution < -0.4 is 0 Å². The van der Waals surface area contributed by atoms with Crippen LogP contribution in [0.15, 0.2) is 0 Å². The van der Waals surface area contributed by atoms with Crippen LogP contribution >= 0.6 is 0 Å². The molecule has 0 saturated carbocycles. The molecule has 0 aromatic rings. The third kappa shape index (κ3) is 3.48. The Morgan fingerprint density at radius 3 is 1.75 bits per heavy atom. The van der Waals surface area contributed by atoms with Crippen molar-refractivity contribution in [1.82, 2.24) is 9.80 Å². The summed E-state index contributed by atoms with van der Waals surface area (Å²) in [4.78, 5) is 16.1. The van der Waals surface area contributed by atoms with Gasteiger partial charge in [0.1, 0.15) is 0 Å². The van der Waals surface area contributed by atoms with Crippen molar-refractivity contribution in [1.29, 1.82) is 0 Å². The highest BCUT2D eigenvalue weighted by atomic mass is 16.2. The molecule has 3 nitrogen and oxygen atoms in total. The minimum atomic E-state index is -0.267. The van der Waals surface area contributed by atoms with Crippen molar-refractivity contribution in [3.63, 3.8) is 0 Å². The lowest BCUT2D eigenvalue weighted by molar-refractivity contribution is -0.140. The van der Waals surface area contributed by atoms with Gasteiger partial charge in [0, 0.05) is 25.0 Å². The third-order valence-corrected chi connectivity index (χ3v) is 3.74. The molecule has 3 heteroatoms. The van der Waals surface area contributed by atoms with Gasteiger partial charge in [0.05, 0.1) is 0 Å². The topological polar surface area (TPSA) is 23.6 Å². The Labute approximate surface area is 101 Å². The Morgan fingerprint density at radius 2 is 1.50 bits per heavy atom. The van der Waals surface area contributed by atoms with Crippen LogP contribution in [0.1, 0.15) is 40.5 Å². The molecule has 0 saturated heterocycles. The van der Waals surface area contributed by atoms with Crippen LogP contribution in [0.2, 0.25) is 0 Å². The molecule has 1 atom stereocenters. The second kappa shape index (κ2) is 5.17. The molecule has 0 aromatic carbocycles. The van der Waals surface area contributed by atoms with Gasteiger partial charge >= 0.3 is 0 Å². The number of carbonyl (C=O) groups is 1. The monoisotopic (exact) mass is 228 g/mol. The summed E-state index contributed by atoms with van der Waals surface area (Å²) >= 11 is 0. The molecule has 1 unspecified atom stereocenters. The largest absolute Gasteiger partial charge is 0.348 e. The Balaban J connectivity index is 4.93. The normalized spacial score (nSPS) is 16.1. The summed E-state index contributed by atoms with van der Waals surface area (Å²) in [7, 11) is 7.80. The molecule has 0 heterocycles. The number of carbonyl (C=O) groups excluding carboxylic acids is 1. The molecule has 0 spiro atoms. The van der Waals surface area contributed by atoms with Crippen molar-refractivity contribution >= 4 is 5.91 Å². The molecule has 0 rings (SSSR count). The van der Waals surface area contributed by atoms with Crippen LogP contribution in [0, 0.1) is 5.41 Å². The summed E-state index contributed by atoms with van der Waals surface area (Å²) in [6.45, 7) is 8.53. The van der Waals surface area contributed by atoms with Gasteiger partial charge in [-0.25, -0.2) is 0 Å². The third-order valence-electron chi connectivity index (χ3n) is 3.74. The summed E-state index contributed by atoms with van der Waals surface area (Å²) in [6, 6.07) is 0. The Hall–Kier alpha value is -0.570. The summed E-state index contributed by atoms with van der Waals surface area (Å²) in [5.74, 6) is 0.227. The van der Waals surface area contributed by atoms with Crippen molar-refractivity contribution in [3.8, 4) is 0 Å². The first-order valence-electron chi connectivity index (χ1n) is 5.96. The quantitative estimate of drug-likeness (QED) is 0.720. The Kier molecular flexibility index (Phi) is 4.99. The number of amides is 1. The fraction of sp³-hybridized carbons (Fsp3) is 0.923. The van der Waals surface area contributed by atoms with Gasteiger partial charge in [-0.2, -0.15) is 0 Å². The predicted octanol–water partition coefficient (Wildman–Crippen LogP) is 2.22. The van der Waals surface area contributed by atoms with E-state index in [-0.39, 0.29) is 16.9 Å². The lowest BCUT2D eigenvalue weighted by atomic mass is 9.75. The van der Waals surface area contributed by atoms with Gasteiger partial charge in [0.2, 0.25) is 5.91 Å². The molecule has 0 bridgehead atoms. The maximum atomic E-state index is 12.2. The van der Waals surface area contributed by atoms with Gasteiger partial charge in [0.25, 0.3) is 0 Å². The van der Waals surface area contributed by atoms with E-state index in [0.29, 0.717) is 0 Å². The second-order valence-corrected chi connectivity index (χ2v) is 6.00. The van der Waals surface area contributed by atoms with E-state index in [4.69, 9.17) is 0 Å². The zero-order valence-corrected chi connectivity index (χ0v) is 12.2. The zero-order chi connectivity index (χ0) is 13.1. The van der Waals surface area contributed by atoms with Gasteiger partial charge in [-0.3, -0.25) is 4.79 Å². The molecular weight excluding hydrogens is 200 g/mol. The summed E-state index contributed by atoms with van der Waals surface area (Å²) < 4.78 is 0. The van der Waals surface area contributed by atoms with Crippen molar-refractivity contribution < 1.29 is 4.79 Å². The van der Waals surface area contributed by atoms with E-state index in [0.717, 1.165) is 12.8 Å². The molecule has 0 aliphatic heterocycles. The van der Waals surface area contributed by atoms with Gasteiger partial charge in [-0.05, 0) is 40.8 Å². The van der Waals surface area contributed by atoms with Gasteiger partial charge < -0.3 is 9.80 Å². The fourth-order valence-electron chi connectivity index (χ4n) is 2.00. The van der Waals surface area contributed by atoms with E-state index >= 15 is 0 Å². The summed E-state index contributed by atoms with van der Waals surface area (Å²) in [5, 5.41) is 0. The zero-order valence-electron chi connectivity index (χ0n) is 12.2. The highest BCUT2D eigenvalue weighted by Gasteiger charge is 2.38. The molecule has 0 aromatic heterocycles. The Bertz CT molecular complexity index is 246. The standard InChI is InChI=1S/C13H28N2O/c1-9-13(4,11(16)14(5)6)10-12(2,3)15(7)8/h9-10H2,1-8H3. The van der Waals surface area contributed by atoms with E-state index in [1.54, 1.807) is 4.90 Å². The van der Waals surface area contributed by atoms with Crippen LogP contribution in [0.5, 0.6) is 0 Å². The van der Waals surface area contributed by atoms with Crippen molar-refractivity contribution in [3.05, 3.63) is 0 Å². The van der Waals surface area contributed by atoms with Gasteiger partial charge in [-0.15, -0.1) is 0 Å². The SMILES string of the molecule is CCC(C)(CC(C)(C)N(C)C)C(=O)N(C)C. The van der Waals surface area contributed by atoms with E-state index in [1.807, 2.05) is 14.1 Å². The molecule has 16 heavy (non-hydrogen) atoms. The van der Waals surface area contributed by atoms with Crippen LogP contribution in [0.25, 0.3) is 0 Å². The van der Waals surface area contributed by atoms with Crippen LogP contribution in [0.4, 0.5) is 0 Å². The second-order valence-electron chi connectivity index (χ2n) is 6.00. The van der Waals surface area contributed by atoms with Crippen LogP contribution in [0.3, 0.4) is 0 Å². The van der Waals surface area contributed by atoms with E-state index in [1.165, 1.54) is 0 Å². The summed E-state index contributed by atoms with van der Waals surface area (Å²) in [6.07, 6.45) is 1.75. The smallest absolute Gasteiger partial charge is 0.228 e. The maximum absolute atomic E-state index is 12.2. The number of rotatable bonds is 5. The van der Waals surface area contributed by atoms with E-state index < -0.39 is 0 Å². The average Bonchev–Trinajstić information content (AvgIpc) is 2.15. The minimum Gasteiger partial charge on any atom is -0.348 e. The number of hydrogen-bond donors (Lipinski definition) is 0. The molecule has 0 fully saturated rings. The molecule has 1 amide bonds. The number of hydrogen-bond acceptors (Lipinski definition) is 2. The maximum Gasteiger partial charge on any atom is 0.228 e. The van der Waals surface area contributed by atoms with Crippen molar-refractivity contribution in [2.75, 3.05) is 28.2 Å². The highest BCUT2D eigenvalue weighted by Crippen LogP contribution is 2.35. The van der Waals surface area contributed by atoms with Crippen molar-refractivity contribution in [2.45, 2.75) is 46.1 Å². The van der Waals surface area contributed by atoms with Crippen LogP contribution in [-0.4, -0.2) is 49.4 Å². The first-order chi connectivity index (χ1) is 7.07. The van der Waals surface area contributed by atoms with Gasteiger partial charge in [-0.1, -0.05) is 13.8 Å². The highest BCUT2D eigenvalue weighted by molar-refractivity contribution is 5.81. The fourth-order valence-corrected chi connectivity index (χ4v) is 2.00. The predicted molar refractivity (Wildman–Crippen MR) is 69.5 cm³/mol. The first kappa shape index (κ1) is 15.4. The lowest BCUT2D eigenvalue weighted by Gasteiger charge is -2.41. The summed E-state index contributed by atoms with van der Waals surface area (Å²) in [5.41, 5.74) is -0.228. The molecular formula is C13H28N2O. The van der Waals surface area contributed by atoms with Crippen molar-refractivity contribution in [2.24, 2.45) is 5.41 Å². The minimum absolute atomic E-state index is 0.0381. The van der Waals surface area contributed by atoms with E-state index in [9.17, 15) is 4.79 Å². The molecule has 96 valence electrons. The molecule has 0 radical (unpaired) electrons. The van der Waals surface area contributed by atoms with Gasteiger partial charge in [0.15, 0.2) is 0 Å². The first-order valence-corrected chi connectivity index (χ1v) is 5.96. The molecule has 0 aliphatic rings. The average molecular weight is 228 g/mol.